The van der Waals surface area contributed by atoms with Crippen LogP contribution in [-0.2, 0) is 9.59 Å². The van der Waals surface area contributed by atoms with Crippen molar-refractivity contribution in [1.29, 1.82) is 0 Å². The smallest absolute Gasteiger partial charge is 0.237 e. The Morgan fingerprint density at radius 1 is 1.19 bits per heavy atom. The highest BCUT2D eigenvalue weighted by Gasteiger charge is 2.51. The number of amides is 2. The maximum Gasteiger partial charge on any atom is 0.237 e. The van der Waals surface area contributed by atoms with Gasteiger partial charge in [-0.15, -0.1) is 0 Å². The normalized spacial score (nSPS) is 38.5. The minimum atomic E-state index is -0.396. The fourth-order valence-corrected chi connectivity index (χ4v) is 5.21. The van der Waals surface area contributed by atoms with E-state index in [-0.39, 0.29) is 24.0 Å². The summed E-state index contributed by atoms with van der Waals surface area (Å²) in [5, 5.41) is 3.35. The molecule has 4 bridgehead atoms. The molecule has 4 fully saturated rings. The van der Waals surface area contributed by atoms with Crippen LogP contribution in [0.15, 0.2) is 0 Å². The fraction of sp³-hybridized carbons (Fsp3) is 0.875. The molecule has 5 heteroatoms. The molecule has 4 aliphatic rings. The van der Waals surface area contributed by atoms with Crippen molar-refractivity contribution in [2.75, 3.05) is 13.6 Å². The van der Waals surface area contributed by atoms with E-state index in [2.05, 4.69) is 5.32 Å². The first-order valence-electron chi connectivity index (χ1n) is 8.17. The molecule has 4 saturated carbocycles. The third kappa shape index (κ3) is 2.93. The van der Waals surface area contributed by atoms with Crippen LogP contribution < -0.4 is 11.1 Å². The molecular weight excluding hydrogens is 266 g/mol. The lowest BCUT2D eigenvalue weighted by Crippen LogP contribution is -2.62. The van der Waals surface area contributed by atoms with E-state index in [1.54, 1.807) is 11.9 Å². The van der Waals surface area contributed by atoms with Crippen LogP contribution in [0.1, 0.15) is 45.4 Å². The number of hydrogen-bond acceptors (Lipinski definition) is 3. The molecule has 0 aromatic carbocycles. The molecule has 0 aromatic rings. The third-order valence-corrected chi connectivity index (χ3v) is 5.87. The van der Waals surface area contributed by atoms with Gasteiger partial charge in [0, 0.05) is 5.54 Å². The SMILES string of the molecule is C[C@@H](C(=O)NC12CC3CC(CC(C3)C1)C2)N(C)CC(N)=O. The maximum absolute atomic E-state index is 12.5. The number of nitrogens with one attached hydrogen (secondary N) is 1. The first-order chi connectivity index (χ1) is 9.87. The summed E-state index contributed by atoms with van der Waals surface area (Å²) in [6, 6.07) is -0.314. The zero-order valence-electron chi connectivity index (χ0n) is 13.1. The number of hydrogen-bond donors (Lipinski definition) is 2. The minimum Gasteiger partial charge on any atom is -0.369 e. The molecule has 0 spiro atoms. The molecule has 3 N–H and O–H groups in total. The van der Waals surface area contributed by atoms with Crippen molar-refractivity contribution in [3.63, 3.8) is 0 Å². The monoisotopic (exact) mass is 293 g/mol. The van der Waals surface area contributed by atoms with Gasteiger partial charge >= 0.3 is 0 Å². The van der Waals surface area contributed by atoms with Gasteiger partial charge in [0.25, 0.3) is 0 Å². The molecule has 0 aromatic heterocycles. The first kappa shape index (κ1) is 14.8. The van der Waals surface area contributed by atoms with Gasteiger partial charge in [-0.2, -0.15) is 0 Å². The van der Waals surface area contributed by atoms with Crippen molar-refractivity contribution in [3.8, 4) is 0 Å². The van der Waals surface area contributed by atoms with E-state index in [1.807, 2.05) is 6.92 Å². The Bertz CT molecular complexity index is 414. The predicted octanol–water partition coefficient (Wildman–Crippen LogP) is 0.877. The van der Waals surface area contributed by atoms with Gasteiger partial charge in [0.2, 0.25) is 11.8 Å². The summed E-state index contributed by atoms with van der Waals surface area (Å²) in [5.74, 6) is 2.09. The topological polar surface area (TPSA) is 75.4 Å². The Morgan fingerprint density at radius 2 is 1.67 bits per heavy atom. The number of nitrogens with zero attached hydrogens (tertiary/aromatic N) is 1. The van der Waals surface area contributed by atoms with Gasteiger partial charge in [-0.25, -0.2) is 0 Å². The highest BCUT2D eigenvalue weighted by Crippen LogP contribution is 2.55. The van der Waals surface area contributed by atoms with Crippen molar-refractivity contribution in [3.05, 3.63) is 0 Å². The molecule has 0 heterocycles. The van der Waals surface area contributed by atoms with Gasteiger partial charge < -0.3 is 11.1 Å². The summed E-state index contributed by atoms with van der Waals surface area (Å²) < 4.78 is 0. The van der Waals surface area contributed by atoms with Crippen LogP contribution in [0, 0.1) is 17.8 Å². The van der Waals surface area contributed by atoms with Crippen molar-refractivity contribution in [1.82, 2.24) is 10.2 Å². The van der Waals surface area contributed by atoms with E-state index in [4.69, 9.17) is 5.73 Å². The van der Waals surface area contributed by atoms with Crippen LogP contribution in [0.2, 0.25) is 0 Å². The van der Waals surface area contributed by atoms with Gasteiger partial charge in [0.1, 0.15) is 0 Å². The average Bonchev–Trinajstić information content (AvgIpc) is 2.34. The number of carbonyl (C=O) groups is 2. The number of carbonyl (C=O) groups excluding carboxylic acids is 2. The van der Waals surface area contributed by atoms with Crippen molar-refractivity contribution in [2.45, 2.75) is 57.0 Å². The molecule has 2 amide bonds. The average molecular weight is 293 g/mol. The summed E-state index contributed by atoms with van der Waals surface area (Å²) in [7, 11) is 1.77. The summed E-state index contributed by atoms with van der Waals surface area (Å²) in [5.41, 5.74) is 5.24. The molecule has 0 saturated heterocycles. The second kappa shape index (κ2) is 5.27. The Hall–Kier alpha value is -1.10. The van der Waals surface area contributed by atoms with Crippen LogP contribution in [0.3, 0.4) is 0 Å². The number of likely N-dealkylation sites (N-methyl/N-ethyl adjacent to an activating group) is 1. The molecular formula is C16H27N3O2. The molecule has 21 heavy (non-hydrogen) atoms. The van der Waals surface area contributed by atoms with E-state index in [1.165, 1.54) is 19.3 Å². The van der Waals surface area contributed by atoms with Gasteiger partial charge in [-0.1, -0.05) is 0 Å². The molecule has 0 radical (unpaired) electrons. The van der Waals surface area contributed by atoms with E-state index in [9.17, 15) is 9.59 Å². The van der Waals surface area contributed by atoms with E-state index in [0.717, 1.165) is 37.0 Å². The minimum absolute atomic E-state index is 0.0354. The zero-order chi connectivity index (χ0) is 15.2. The molecule has 5 nitrogen and oxygen atoms in total. The van der Waals surface area contributed by atoms with Gasteiger partial charge in [0.05, 0.1) is 12.6 Å². The molecule has 0 unspecified atom stereocenters. The highest BCUT2D eigenvalue weighted by atomic mass is 16.2. The second-order valence-corrected chi connectivity index (χ2v) is 7.74. The number of nitrogens with two attached hydrogens (primary N) is 1. The summed E-state index contributed by atoms with van der Waals surface area (Å²) in [4.78, 5) is 25.3. The summed E-state index contributed by atoms with van der Waals surface area (Å²) >= 11 is 0. The van der Waals surface area contributed by atoms with Crippen molar-refractivity contribution < 1.29 is 9.59 Å². The lowest BCUT2D eigenvalue weighted by molar-refractivity contribution is -0.132. The number of rotatable bonds is 5. The molecule has 1 atom stereocenters. The van der Waals surface area contributed by atoms with Crippen molar-refractivity contribution in [2.24, 2.45) is 23.5 Å². The highest BCUT2D eigenvalue weighted by molar-refractivity contribution is 5.83. The van der Waals surface area contributed by atoms with Crippen LogP contribution in [0.5, 0.6) is 0 Å². The lowest BCUT2D eigenvalue weighted by atomic mass is 9.53. The van der Waals surface area contributed by atoms with Crippen LogP contribution >= 0.6 is 0 Å². The maximum atomic E-state index is 12.5. The molecule has 4 rings (SSSR count). The standard InChI is InChI=1S/C16H27N3O2/c1-10(19(2)9-14(17)20)15(21)18-16-6-11-3-12(7-16)5-13(4-11)8-16/h10-13H,3-9H2,1-2H3,(H2,17,20)(H,18,21)/t10-,11?,12?,13?,16?/m0/s1. The molecule has 118 valence electrons. The number of primary amides is 1. The zero-order valence-corrected chi connectivity index (χ0v) is 13.1. The van der Waals surface area contributed by atoms with Crippen LogP contribution in [0.4, 0.5) is 0 Å². The fourth-order valence-electron chi connectivity index (χ4n) is 5.21. The van der Waals surface area contributed by atoms with Gasteiger partial charge in [-0.05, 0) is 70.3 Å². The summed E-state index contributed by atoms with van der Waals surface area (Å²) in [6.07, 6.45) is 7.55. The molecule has 0 aliphatic heterocycles. The lowest BCUT2D eigenvalue weighted by Gasteiger charge is -2.57. The third-order valence-electron chi connectivity index (χ3n) is 5.87. The van der Waals surface area contributed by atoms with E-state index in [0.29, 0.717) is 0 Å². The Balaban J connectivity index is 1.63. The quantitative estimate of drug-likeness (QED) is 0.790. The second-order valence-electron chi connectivity index (χ2n) is 7.74. The van der Waals surface area contributed by atoms with Crippen molar-refractivity contribution >= 4 is 11.8 Å². The van der Waals surface area contributed by atoms with Crippen LogP contribution in [-0.4, -0.2) is 41.9 Å². The Labute approximate surface area is 126 Å². The largest absolute Gasteiger partial charge is 0.369 e. The first-order valence-corrected chi connectivity index (χ1v) is 8.17. The molecule has 4 aliphatic carbocycles. The Kier molecular flexibility index (Phi) is 3.72. The Morgan fingerprint density at radius 3 is 2.10 bits per heavy atom. The van der Waals surface area contributed by atoms with E-state index < -0.39 is 5.91 Å². The van der Waals surface area contributed by atoms with Gasteiger partial charge in [0.15, 0.2) is 0 Å². The summed E-state index contributed by atoms with van der Waals surface area (Å²) in [6.45, 7) is 1.97. The van der Waals surface area contributed by atoms with Crippen LogP contribution in [0.25, 0.3) is 0 Å². The van der Waals surface area contributed by atoms with E-state index >= 15 is 0 Å². The predicted molar refractivity (Wildman–Crippen MR) is 80.3 cm³/mol. The van der Waals surface area contributed by atoms with Gasteiger partial charge in [-0.3, -0.25) is 14.5 Å².